The molecule has 0 aliphatic heterocycles. The van der Waals surface area contributed by atoms with Crippen LogP contribution in [0.1, 0.15) is 91.4 Å². The maximum absolute atomic E-state index is 6.16. The molecule has 0 fully saturated rings. The minimum absolute atomic E-state index is 0.717. The second-order valence-electron chi connectivity index (χ2n) is 7.10. The zero-order chi connectivity index (χ0) is 16.7. The Morgan fingerprint density at radius 2 is 1.32 bits per heavy atom. The van der Waals surface area contributed by atoms with Crippen LogP contribution in [-0.4, -0.2) is 21.8 Å². The predicted octanol–water partition coefficient (Wildman–Crippen LogP) is 6.69. The van der Waals surface area contributed by atoms with Gasteiger partial charge in [0, 0.05) is 13.2 Å². The molecule has 0 rings (SSSR count). The zero-order valence-electron chi connectivity index (χ0n) is 16.1. The van der Waals surface area contributed by atoms with Crippen molar-refractivity contribution in [2.24, 2.45) is 5.92 Å². The minimum atomic E-state index is -1.90. The molecule has 0 amide bonds. The Morgan fingerprint density at radius 3 is 1.91 bits per heavy atom. The van der Waals surface area contributed by atoms with Crippen molar-refractivity contribution in [1.29, 1.82) is 0 Å². The number of unbranched alkanes of at least 4 members (excludes halogenated alkanes) is 7. The van der Waals surface area contributed by atoms with Gasteiger partial charge in [-0.3, -0.25) is 0 Å². The van der Waals surface area contributed by atoms with Crippen LogP contribution >= 0.6 is 0 Å². The van der Waals surface area contributed by atoms with Gasteiger partial charge in [-0.2, -0.15) is 0 Å². The fourth-order valence-corrected chi connectivity index (χ4v) is 3.99. The first kappa shape index (κ1) is 22.1. The SMILES string of the molecule is CCCCCCCCCO[Si](C)(C)OCC(CC)CCCC. The van der Waals surface area contributed by atoms with Gasteiger partial charge in [-0.1, -0.05) is 78.6 Å². The van der Waals surface area contributed by atoms with E-state index in [9.17, 15) is 0 Å². The lowest BCUT2D eigenvalue weighted by Gasteiger charge is -2.26. The largest absolute Gasteiger partial charge is 0.395 e. The standard InChI is InChI=1S/C19H42O2Si/c1-6-9-11-12-13-14-15-17-20-22(4,5)21-18-19(8-3)16-10-7-2/h19H,6-18H2,1-5H3. The van der Waals surface area contributed by atoms with Gasteiger partial charge in [0.1, 0.15) is 0 Å². The molecule has 1 atom stereocenters. The summed E-state index contributed by atoms with van der Waals surface area (Å²) >= 11 is 0. The van der Waals surface area contributed by atoms with E-state index in [1.165, 1.54) is 70.6 Å². The van der Waals surface area contributed by atoms with Crippen molar-refractivity contribution in [3.63, 3.8) is 0 Å². The van der Waals surface area contributed by atoms with Crippen molar-refractivity contribution in [1.82, 2.24) is 0 Å². The third-order valence-electron chi connectivity index (χ3n) is 4.41. The molecule has 0 bridgehead atoms. The van der Waals surface area contributed by atoms with E-state index >= 15 is 0 Å². The molecule has 22 heavy (non-hydrogen) atoms. The van der Waals surface area contributed by atoms with Crippen molar-refractivity contribution < 1.29 is 8.85 Å². The first-order valence-corrected chi connectivity index (χ1v) is 12.6. The zero-order valence-corrected chi connectivity index (χ0v) is 17.1. The Bertz CT molecular complexity index is 231. The van der Waals surface area contributed by atoms with E-state index in [1.54, 1.807) is 0 Å². The molecule has 0 aliphatic rings. The van der Waals surface area contributed by atoms with Crippen LogP contribution in [0.4, 0.5) is 0 Å². The molecule has 0 saturated heterocycles. The van der Waals surface area contributed by atoms with Crippen LogP contribution in [-0.2, 0) is 8.85 Å². The van der Waals surface area contributed by atoms with Gasteiger partial charge in [0.2, 0.25) is 0 Å². The van der Waals surface area contributed by atoms with Crippen LogP contribution in [0.5, 0.6) is 0 Å². The van der Waals surface area contributed by atoms with E-state index in [-0.39, 0.29) is 0 Å². The van der Waals surface area contributed by atoms with Crippen molar-refractivity contribution in [3.05, 3.63) is 0 Å². The first-order chi connectivity index (χ1) is 10.6. The van der Waals surface area contributed by atoms with Gasteiger partial charge in [0.25, 0.3) is 0 Å². The van der Waals surface area contributed by atoms with Gasteiger partial charge in [0.05, 0.1) is 0 Å². The van der Waals surface area contributed by atoms with Gasteiger partial charge in [0.15, 0.2) is 0 Å². The Kier molecular flexibility index (Phi) is 14.8. The Labute approximate surface area is 141 Å². The fraction of sp³-hybridized carbons (Fsp3) is 1.00. The number of hydrogen-bond acceptors (Lipinski definition) is 2. The normalized spacial score (nSPS) is 13.5. The first-order valence-electron chi connectivity index (χ1n) is 9.83. The molecule has 1 unspecified atom stereocenters. The highest BCUT2D eigenvalue weighted by Crippen LogP contribution is 2.17. The molecule has 0 aromatic rings. The molecule has 0 heterocycles. The Balaban J connectivity index is 3.63. The summed E-state index contributed by atoms with van der Waals surface area (Å²) in [6.07, 6.45) is 14.5. The van der Waals surface area contributed by atoms with Crippen molar-refractivity contribution >= 4 is 8.56 Å². The highest BCUT2D eigenvalue weighted by Gasteiger charge is 2.25. The molecule has 0 aliphatic carbocycles. The topological polar surface area (TPSA) is 18.5 Å². The summed E-state index contributed by atoms with van der Waals surface area (Å²) < 4.78 is 12.2. The van der Waals surface area contributed by atoms with Crippen LogP contribution in [0.25, 0.3) is 0 Å². The third kappa shape index (κ3) is 13.8. The summed E-state index contributed by atoms with van der Waals surface area (Å²) in [5, 5.41) is 0. The highest BCUT2D eigenvalue weighted by atomic mass is 28.4. The maximum atomic E-state index is 6.16. The quantitative estimate of drug-likeness (QED) is 0.232. The Hall–Kier alpha value is 0.137. The van der Waals surface area contributed by atoms with Crippen LogP contribution in [0.15, 0.2) is 0 Å². The molecule has 0 aromatic heterocycles. The lowest BCUT2D eigenvalue weighted by Crippen LogP contribution is -2.37. The lowest BCUT2D eigenvalue weighted by molar-refractivity contribution is 0.146. The summed E-state index contributed by atoms with van der Waals surface area (Å²) in [5.41, 5.74) is 0. The molecule has 0 spiro atoms. The highest BCUT2D eigenvalue weighted by molar-refractivity contribution is 6.64. The predicted molar refractivity (Wildman–Crippen MR) is 101 cm³/mol. The maximum Gasteiger partial charge on any atom is 0.331 e. The molecule has 3 heteroatoms. The average molecular weight is 331 g/mol. The van der Waals surface area contributed by atoms with E-state index in [0.717, 1.165) is 13.2 Å². The van der Waals surface area contributed by atoms with E-state index in [2.05, 4.69) is 33.9 Å². The summed E-state index contributed by atoms with van der Waals surface area (Å²) in [6, 6.07) is 0. The van der Waals surface area contributed by atoms with Crippen LogP contribution < -0.4 is 0 Å². The van der Waals surface area contributed by atoms with E-state index in [0.29, 0.717) is 5.92 Å². The molecule has 134 valence electrons. The second-order valence-corrected chi connectivity index (χ2v) is 10.5. The summed E-state index contributed by atoms with van der Waals surface area (Å²) in [4.78, 5) is 0. The third-order valence-corrected chi connectivity index (χ3v) is 6.17. The van der Waals surface area contributed by atoms with Gasteiger partial charge in [-0.05, 0) is 31.9 Å². The molecular weight excluding hydrogens is 288 g/mol. The number of hydrogen-bond donors (Lipinski definition) is 0. The fourth-order valence-electron chi connectivity index (χ4n) is 2.64. The Morgan fingerprint density at radius 1 is 0.727 bits per heavy atom. The molecule has 2 nitrogen and oxygen atoms in total. The summed E-state index contributed by atoms with van der Waals surface area (Å²) in [5.74, 6) is 0.717. The molecule has 0 N–H and O–H groups in total. The lowest BCUT2D eigenvalue weighted by atomic mass is 10.0. The smallest absolute Gasteiger partial charge is 0.331 e. The molecule has 0 aromatic carbocycles. The van der Waals surface area contributed by atoms with E-state index in [1.807, 2.05) is 0 Å². The molecule has 0 saturated carbocycles. The van der Waals surface area contributed by atoms with Gasteiger partial charge in [-0.15, -0.1) is 0 Å². The van der Waals surface area contributed by atoms with E-state index in [4.69, 9.17) is 8.85 Å². The van der Waals surface area contributed by atoms with Crippen molar-refractivity contribution in [3.8, 4) is 0 Å². The second kappa shape index (κ2) is 14.7. The van der Waals surface area contributed by atoms with Gasteiger partial charge < -0.3 is 8.85 Å². The van der Waals surface area contributed by atoms with Crippen LogP contribution in [0.2, 0.25) is 13.1 Å². The van der Waals surface area contributed by atoms with E-state index < -0.39 is 8.56 Å². The average Bonchev–Trinajstić information content (AvgIpc) is 2.50. The van der Waals surface area contributed by atoms with Gasteiger partial charge >= 0.3 is 8.56 Å². The molecular formula is C19H42O2Si. The minimum Gasteiger partial charge on any atom is -0.395 e. The van der Waals surface area contributed by atoms with Crippen molar-refractivity contribution in [2.45, 2.75) is 104 Å². The number of rotatable bonds is 16. The van der Waals surface area contributed by atoms with Crippen molar-refractivity contribution in [2.75, 3.05) is 13.2 Å². The molecule has 0 radical (unpaired) electrons. The van der Waals surface area contributed by atoms with Gasteiger partial charge in [-0.25, -0.2) is 0 Å². The van der Waals surface area contributed by atoms with Crippen LogP contribution in [0, 0.1) is 5.92 Å². The summed E-state index contributed by atoms with van der Waals surface area (Å²) in [6.45, 7) is 13.0. The van der Waals surface area contributed by atoms with Crippen LogP contribution in [0.3, 0.4) is 0 Å². The monoisotopic (exact) mass is 330 g/mol. The summed E-state index contributed by atoms with van der Waals surface area (Å²) in [7, 11) is -1.90.